The maximum absolute atomic E-state index is 11.7. The van der Waals surface area contributed by atoms with Crippen LogP contribution >= 0.6 is 0 Å². The SMILES string of the molecule is [CH2]C(CCCC)(c1ccccc1)S(N)(=O)=O. The maximum atomic E-state index is 11.7. The molecule has 0 saturated heterocycles. The lowest BCUT2D eigenvalue weighted by molar-refractivity contribution is 0.529. The van der Waals surface area contributed by atoms with Crippen molar-refractivity contribution >= 4 is 10.0 Å². The molecule has 0 aliphatic heterocycles. The van der Waals surface area contributed by atoms with Crippen LogP contribution in [-0.2, 0) is 14.8 Å². The van der Waals surface area contributed by atoms with Crippen molar-refractivity contribution in [3.05, 3.63) is 42.8 Å². The van der Waals surface area contributed by atoms with Crippen LogP contribution in [0.2, 0.25) is 0 Å². The first-order valence-corrected chi connectivity index (χ1v) is 6.89. The van der Waals surface area contributed by atoms with Gasteiger partial charge in [0.15, 0.2) is 0 Å². The zero-order valence-corrected chi connectivity index (χ0v) is 10.3. The van der Waals surface area contributed by atoms with Gasteiger partial charge >= 0.3 is 0 Å². The molecular weight excluding hydrogens is 222 g/mol. The molecule has 1 unspecified atom stereocenters. The third-order valence-electron chi connectivity index (χ3n) is 2.78. The molecule has 89 valence electrons. The van der Waals surface area contributed by atoms with Gasteiger partial charge in [-0.15, -0.1) is 0 Å². The molecule has 0 spiro atoms. The van der Waals surface area contributed by atoms with Crippen molar-refractivity contribution in [1.82, 2.24) is 0 Å². The number of rotatable bonds is 5. The van der Waals surface area contributed by atoms with E-state index in [2.05, 4.69) is 6.92 Å². The summed E-state index contributed by atoms with van der Waals surface area (Å²) in [5.74, 6) is 0. The Morgan fingerprint density at radius 2 is 1.88 bits per heavy atom. The fraction of sp³-hybridized carbons (Fsp3) is 0.417. The summed E-state index contributed by atoms with van der Waals surface area (Å²) in [6, 6.07) is 8.95. The zero-order chi connectivity index (χ0) is 12.2. The average molecular weight is 240 g/mol. The van der Waals surface area contributed by atoms with Crippen molar-refractivity contribution in [3.63, 3.8) is 0 Å². The highest BCUT2D eigenvalue weighted by Gasteiger charge is 2.37. The normalized spacial score (nSPS) is 15.7. The molecule has 4 heteroatoms. The summed E-state index contributed by atoms with van der Waals surface area (Å²) in [5.41, 5.74) is 0.658. The molecule has 2 N–H and O–H groups in total. The number of nitrogens with two attached hydrogens (primary N) is 1. The predicted octanol–water partition coefficient (Wildman–Crippen LogP) is 2.19. The quantitative estimate of drug-likeness (QED) is 0.857. The fourth-order valence-electron chi connectivity index (χ4n) is 1.66. The molecule has 16 heavy (non-hydrogen) atoms. The molecule has 0 aliphatic rings. The van der Waals surface area contributed by atoms with Gasteiger partial charge in [0.05, 0.1) is 0 Å². The number of hydrogen-bond acceptors (Lipinski definition) is 2. The molecule has 1 aromatic carbocycles. The largest absolute Gasteiger partial charge is 0.228 e. The van der Waals surface area contributed by atoms with Crippen LogP contribution in [0.5, 0.6) is 0 Å². The average Bonchev–Trinajstić information content (AvgIpc) is 2.25. The first kappa shape index (κ1) is 13.2. The van der Waals surface area contributed by atoms with E-state index in [0.29, 0.717) is 12.0 Å². The molecule has 0 aromatic heterocycles. The molecule has 0 aliphatic carbocycles. The summed E-state index contributed by atoms with van der Waals surface area (Å²) in [4.78, 5) is 0. The van der Waals surface area contributed by atoms with Crippen LogP contribution in [0.1, 0.15) is 31.7 Å². The van der Waals surface area contributed by atoms with Gasteiger partial charge in [0.25, 0.3) is 0 Å². The lowest BCUT2D eigenvalue weighted by atomic mass is 9.94. The van der Waals surface area contributed by atoms with Crippen molar-refractivity contribution in [3.8, 4) is 0 Å². The van der Waals surface area contributed by atoms with E-state index in [1.54, 1.807) is 24.3 Å². The molecule has 0 amide bonds. The van der Waals surface area contributed by atoms with E-state index in [1.165, 1.54) is 0 Å². The van der Waals surface area contributed by atoms with Gasteiger partial charge < -0.3 is 0 Å². The van der Waals surface area contributed by atoms with Crippen LogP contribution in [0.15, 0.2) is 30.3 Å². The number of unbranched alkanes of at least 4 members (excludes halogenated alkanes) is 1. The number of benzene rings is 1. The van der Waals surface area contributed by atoms with Gasteiger partial charge in [-0.25, -0.2) is 13.6 Å². The van der Waals surface area contributed by atoms with Crippen LogP contribution < -0.4 is 5.14 Å². The summed E-state index contributed by atoms with van der Waals surface area (Å²) < 4.78 is 22.1. The Hall–Kier alpha value is -0.870. The summed E-state index contributed by atoms with van der Waals surface area (Å²) in [6.45, 7) is 5.84. The molecule has 0 fully saturated rings. The van der Waals surface area contributed by atoms with Crippen molar-refractivity contribution in [2.75, 3.05) is 0 Å². The molecule has 3 nitrogen and oxygen atoms in total. The van der Waals surface area contributed by atoms with E-state index in [4.69, 9.17) is 5.14 Å². The van der Waals surface area contributed by atoms with E-state index < -0.39 is 14.8 Å². The number of sulfonamides is 1. The Morgan fingerprint density at radius 3 is 2.31 bits per heavy atom. The third-order valence-corrected chi connectivity index (χ3v) is 4.31. The van der Waals surface area contributed by atoms with Crippen LogP contribution in [0.4, 0.5) is 0 Å². The fourth-order valence-corrected chi connectivity index (χ4v) is 2.55. The second-order valence-electron chi connectivity index (χ2n) is 4.01. The van der Waals surface area contributed by atoms with E-state index >= 15 is 0 Å². The van der Waals surface area contributed by atoms with E-state index in [-0.39, 0.29) is 0 Å². The molecule has 0 heterocycles. The summed E-state index contributed by atoms with van der Waals surface area (Å²) >= 11 is 0. The lowest BCUT2D eigenvalue weighted by Gasteiger charge is -2.27. The second kappa shape index (κ2) is 4.97. The molecular formula is C12H18NO2S. The Bertz CT molecular complexity index is 428. The topological polar surface area (TPSA) is 60.2 Å². The van der Waals surface area contributed by atoms with Gasteiger partial charge in [-0.1, -0.05) is 50.1 Å². The minimum atomic E-state index is -3.70. The third kappa shape index (κ3) is 2.62. The predicted molar refractivity (Wildman–Crippen MR) is 66.1 cm³/mol. The number of primary sulfonamides is 1. The van der Waals surface area contributed by atoms with Gasteiger partial charge in [0, 0.05) is 0 Å². The van der Waals surface area contributed by atoms with Gasteiger partial charge in [-0.3, -0.25) is 0 Å². The van der Waals surface area contributed by atoms with Gasteiger partial charge in [-0.05, 0) is 18.9 Å². The molecule has 0 saturated carbocycles. The smallest absolute Gasteiger partial charge is 0.219 e. The Morgan fingerprint density at radius 1 is 1.31 bits per heavy atom. The first-order valence-electron chi connectivity index (χ1n) is 5.35. The second-order valence-corrected chi connectivity index (χ2v) is 5.88. The van der Waals surface area contributed by atoms with Crippen molar-refractivity contribution < 1.29 is 8.42 Å². The summed E-state index contributed by atoms with van der Waals surface area (Å²) in [6.07, 6.45) is 2.15. The van der Waals surface area contributed by atoms with Gasteiger partial charge in [0.2, 0.25) is 10.0 Å². The molecule has 0 bridgehead atoms. The minimum Gasteiger partial charge on any atom is -0.228 e. The Labute approximate surface area is 97.7 Å². The highest BCUT2D eigenvalue weighted by Crippen LogP contribution is 2.32. The zero-order valence-electron chi connectivity index (χ0n) is 9.52. The van der Waals surface area contributed by atoms with E-state index in [1.807, 2.05) is 13.0 Å². The monoisotopic (exact) mass is 240 g/mol. The molecule has 1 rings (SSSR count). The van der Waals surface area contributed by atoms with Crippen molar-refractivity contribution in [2.45, 2.75) is 30.9 Å². The van der Waals surface area contributed by atoms with Crippen LogP contribution in [0.3, 0.4) is 0 Å². The van der Waals surface area contributed by atoms with Crippen molar-refractivity contribution in [2.24, 2.45) is 5.14 Å². The lowest BCUT2D eigenvalue weighted by Crippen LogP contribution is -2.38. The van der Waals surface area contributed by atoms with Crippen LogP contribution in [-0.4, -0.2) is 8.42 Å². The standard InChI is InChI=1S/C12H18NO2S/c1-3-4-10-12(2,16(13,14)15)11-8-6-5-7-9-11/h5-9H,2-4,10H2,1H3,(H2,13,14,15). The molecule has 1 radical (unpaired) electrons. The van der Waals surface area contributed by atoms with Crippen LogP contribution in [0.25, 0.3) is 0 Å². The number of hydrogen-bond donors (Lipinski definition) is 1. The highest BCUT2D eigenvalue weighted by atomic mass is 32.2. The molecule has 1 aromatic rings. The minimum absolute atomic E-state index is 0.451. The summed E-state index contributed by atoms with van der Waals surface area (Å²) in [5, 5.41) is 5.30. The molecule has 1 atom stereocenters. The Balaban J connectivity index is 3.16. The van der Waals surface area contributed by atoms with E-state index in [0.717, 1.165) is 12.8 Å². The van der Waals surface area contributed by atoms with Crippen LogP contribution in [0, 0.1) is 6.92 Å². The maximum Gasteiger partial charge on any atom is 0.219 e. The van der Waals surface area contributed by atoms with Gasteiger partial charge in [0.1, 0.15) is 4.75 Å². The van der Waals surface area contributed by atoms with E-state index in [9.17, 15) is 8.42 Å². The van der Waals surface area contributed by atoms with Crippen molar-refractivity contribution in [1.29, 1.82) is 0 Å². The summed E-state index contributed by atoms with van der Waals surface area (Å²) in [7, 11) is -3.70. The Kier molecular flexibility index (Phi) is 4.10. The van der Waals surface area contributed by atoms with Gasteiger partial charge in [-0.2, -0.15) is 0 Å². The first-order chi connectivity index (χ1) is 7.42. The highest BCUT2D eigenvalue weighted by molar-refractivity contribution is 7.90.